The average molecular weight is 335 g/mol. The first-order valence-electron chi connectivity index (χ1n) is 8.02. The van der Waals surface area contributed by atoms with Crippen molar-refractivity contribution in [1.29, 1.82) is 0 Å². The summed E-state index contributed by atoms with van der Waals surface area (Å²) in [7, 11) is 7.93. The van der Waals surface area contributed by atoms with Gasteiger partial charge in [-0.1, -0.05) is 12.1 Å². The van der Waals surface area contributed by atoms with Crippen LogP contribution in [-0.2, 0) is 9.53 Å². The van der Waals surface area contributed by atoms with Gasteiger partial charge >= 0.3 is 5.97 Å². The molecule has 2 aromatic rings. The zero-order chi connectivity index (χ0) is 18.0. The van der Waals surface area contributed by atoms with Crippen LogP contribution in [0, 0.1) is 0 Å². The van der Waals surface area contributed by atoms with Crippen molar-refractivity contribution in [1.82, 2.24) is 0 Å². The van der Waals surface area contributed by atoms with Crippen LogP contribution in [0.3, 0.4) is 0 Å². The van der Waals surface area contributed by atoms with Gasteiger partial charge in [-0.25, -0.2) is 9.79 Å². The second-order valence-corrected chi connectivity index (χ2v) is 6.26. The predicted molar refractivity (Wildman–Crippen MR) is 102 cm³/mol. The van der Waals surface area contributed by atoms with E-state index in [-0.39, 0.29) is 0 Å². The van der Waals surface area contributed by atoms with Crippen LogP contribution in [0.2, 0.25) is 0 Å². The van der Waals surface area contributed by atoms with Crippen molar-refractivity contribution < 1.29 is 9.53 Å². The maximum atomic E-state index is 12.1. The number of carbonyl (C=O) groups excluding carboxylic acids is 1. The highest BCUT2D eigenvalue weighted by molar-refractivity contribution is 6.12. The van der Waals surface area contributed by atoms with Gasteiger partial charge in [-0.05, 0) is 48.0 Å². The molecule has 2 aromatic carbocycles. The zero-order valence-corrected chi connectivity index (χ0v) is 14.9. The summed E-state index contributed by atoms with van der Waals surface area (Å²) in [6.45, 7) is 0. The normalized spacial score (nSPS) is 15.1. The van der Waals surface area contributed by atoms with Gasteiger partial charge in [-0.3, -0.25) is 0 Å². The summed E-state index contributed by atoms with van der Waals surface area (Å²) in [5.41, 5.74) is 4.17. The fraction of sp³-hybridized carbons (Fsp3) is 0.200. The Morgan fingerprint density at radius 1 is 0.840 bits per heavy atom. The van der Waals surface area contributed by atoms with Crippen LogP contribution in [0.5, 0.6) is 0 Å². The number of nitrogens with zero attached hydrogens (tertiary/aromatic N) is 3. The van der Waals surface area contributed by atoms with E-state index in [0.29, 0.717) is 11.6 Å². The average Bonchev–Trinajstić information content (AvgIpc) is 2.96. The molecule has 5 nitrogen and oxygen atoms in total. The third-order valence-electron chi connectivity index (χ3n) is 3.96. The number of aliphatic imine (C=N–C) groups is 1. The Morgan fingerprint density at radius 3 is 1.88 bits per heavy atom. The number of esters is 1. The Labute approximate surface area is 147 Å². The van der Waals surface area contributed by atoms with Gasteiger partial charge in [0.25, 0.3) is 0 Å². The fourth-order valence-corrected chi connectivity index (χ4v) is 2.46. The summed E-state index contributed by atoms with van der Waals surface area (Å²) in [5, 5.41) is 0. The van der Waals surface area contributed by atoms with Gasteiger partial charge in [-0.2, -0.15) is 0 Å². The molecule has 0 atom stereocenters. The van der Waals surface area contributed by atoms with Gasteiger partial charge in [0.05, 0.1) is 0 Å². The van der Waals surface area contributed by atoms with Crippen molar-refractivity contribution in [3.05, 3.63) is 65.4 Å². The highest BCUT2D eigenvalue weighted by Gasteiger charge is 2.24. The molecule has 5 heteroatoms. The van der Waals surface area contributed by atoms with Gasteiger partial charge in [0.2, 0.25) is 5.90 Å². The van der Waals surface area contributed by atoms with Crippen molar-refractivity contribution in [2.24, 2.45) is 4.99 Å². The molecule has 0 unspecified atom stereocenters. The minimum atomic E-state index is -0.427. The van der Waals surface area contributed by atoms with Crippen LogP contribution >= 0.6 is 0 Å². The molecule has 0 saturated heterocycles. The number of benzene rings is 2. The van der Waals surface area contributed by atoms with Crippen LogP contribution < -0.4 is 9.80 Å². The molecule has 1 aliphatic heterocycles. The predicted octanol–water partition coefficient (Wildman–Crippen LogP) is 3.16. The minimum absolute atomic E-state index is 0.310. The van der Waals surface area contributed by atoms with Gasteiger partial charge in [0.15, 0.2) is 5.70 Å². The quantitative estimate of drug-likeness (QED) is 0.636. The van der Waals surface area contributed by atoms with Crippen LogP contribution in [0.4, 0.5) is 11.4 Å². The second kappa shape index (κ2) is 6.81. The van der Waals surface area contributed by atoms with E-state index in [4.69, 9.17) is 4.74 Å². The molecule has 0 N–H and O–H groups in total. The van der Waals surface area contributed by atoms with E-state index in [0.717, 1.165) is 22.5 Å². The Hall–Kier alpha value is -3.08. The molecule has 1 aliphatic rings. The lowest BCUT2D eigenvalue weighted by atomic mass is 10.1. The Balaban J connectivity index is 1.84. The van der Waals surface area contributed by atoms with E-state index in [9.17, 15) is 4.79 Å². The number of anilines is 2. The molecule has 0 saturated carbocycles. The summed E-state index contributed by atoms with van der Waals surface area (Å²) in [6, 6.07) is 15.6. The largest absolute Gasteiger partial charge is 0.402 e. The molecule has 0 fully saturated rings. The Bertz CT molecular complexity index is 832. The first-order chi connectivity index (χ1) is 11.9. The summed E-state index contributed by atoms with van der Waals surface area (Å²) in [5.74, 6) is -0.0881. The standard InChI is InChI=1S/C20H21N3O2/c1-22(2)16-9-5-14(6-10-16)13-18-20(24)25-19(21-18)15-7-11-17(12-8-15)23(3)4/h5-13H,1-4H3/b18-13+. The molecule has 0 aliphatic carbocycles. The van der Waals surface area contributed by atoms with Crippen molar-refractivity contribution in [3.8, 4) is 0 Å². The molecule has 0 spiro atoms. The maximum absolute atomic E-state index is 12.1. The van der Waals surface area contributed by atoms with Gasteiger partial charge < -0.3 is 14.5 Å². The molecule has 0 bridgehead atoms. The van der Waals surface area contributed by atoms with E-state index in [1.54, 1.807) is 6.08 Å². The minimum Gasteiger partial charge on any atom is -0.402 e. The number of carbonyl (C=O) groups is 1. The van der Waals surface area contributed by atoms with E-state index in [1.165, 1.54) is 0 Å². The highest BCUT2D eigenvalue weighted by Crippen LogP contribution is 2.22. The van der Waals surface area contributed by atoms with E-state index < -0.39 is 5.97 Å². The number of hydrogen-bond acceptors (Lipinski definition) is 5. The van der Waals surface area contributed by atoms with E-state index in [2.05, 4.69) is 4.99 Å². The van der Waals surface area contributed by atoms with Crippen molar-refractivity contribution in [3.63, 3.8) is 0 Å². The number of ether oxygens (including phenoxy) is 1. The zero-order valence-electron chi connectivity index (χ0n) is 14.9. The first-order valence-corrected chi connectivity index (χ1v) is 8.02. The Morgan fingerprint density at radius 2 is 1.36 bits per heavy atom. The smallest absolute Gasteiger partial charge is 0.363 e. The van der Waals surface area contributed by atoms with Crippen LogP contribution in [-0.4, -0.2) is 40.1 Å². The lowest BCUT2D eigenvalue weighted by Crippen LogP contribution is -2.09. The number of cyclic esters (lactones) is 1. The fourth-order valence-electron chi connectivity index (χ4n) is 2.46. The third-order valence-corrected chi connectivity index (χ3v) is 3.96. The van der Waals surface area contributed by atoms with Gasteiger partial charge in [0, 0.05) is 45.1 Å². The third kappa shape index (κ3) is 3.71. The van der Waals surface area contributed by atoms with E-state index >= 15 is 0 Å². The Kier molecular flexibility index (Phi) is 4.57. The summed E-state index contributed by atoms with van der Waals surface area (Å²) in [6.07, 6.45) is 1.74. The van der Waals surface area contributed by atoms with Crippen LogP contribution in [0.1, 0.15) is 11.1 Å². The molecule has 0 radical (unpaired) electrons. The van der Waals surface area contributed by atoms with E-state index in [1.807, 2.05) is 86.5 Å². The molecular formula is C20H21N3O2. The summed E-state index contributed by atoms with van der Waals surface area (Å²) < 4.78 is 5.32. The summed E-state index contributed by atoms with van der Waals surface area (Å²) in [4.78, 5) is 20.5. The molecule has 0 amide bonds. The number of hydrogen-bond donors (Lipinski definition) is 0. The lowest BCUT2D eigenvalue weighted by molar-refractivity contribution is -0.129. The SMILES string of the molecule is CN(C)c1ccc(/C=C2/N=C(c3ccc(N(C)C)cc3)OC2=O)cc1. The monoisotopic (exact) mass is 335 g/mol. The molecular weight excluding hydrogens is 314 g/mol. The van der Waals surface area contributed by atoms with Crippen LogP contribution in [0.25, 0.3) is 6.08 Å². The molecule has 3 rings (SSSR count). The van der Waals surface area contributed by atoms with Crippen molar-refractivity contribution in [2.45, 2.75) is 0 Å². The van der Waals surface area contributed by atoms with Crippen LogP contribution in [0.15, 0.2) is 59.2 Å². The first kappa shape index (κ1) is 16.8. The molecule has 25 heavy (non-hydrogen) atoms. The topological polar surface area (TPSA) is 45.1 Å². The van der Waals surface area contributed by atoms with Crippen molar-refractivity contribution >= 4 is 29.3 Å². The van der Waals surface area contributed by atoms with Gasteiger partial charge in [-0.15, -0.1) is 0 Å². The molecule has 0 aromatic heterocycles. The second-order valence-electron chi connectivity index (χ2n) is 6.26. The molecule has 1 heterocycles. The summed E-state index contributed by atoms with van der Waals surface area (Å²) >= 11 is 0. The number of rotatable bonds is 4. The molecule has 128 valence electrons. The lowest BCUT2D eigenvalue weighted by Gasteiger charge is -2.12. The van der Waals surface area contributed by atoms with Gasteiger partial charge in [0.1, 0.15) is 0 Å². The highest BCUT2D eigenvalue weighted by atomic mass is 16.6. The maximum Gasteiger partial charge on any atom is 0.363 e. The van der Waals surface area contributed by atoms with Crippen molar-refractivity contribution in [2.75, 3.05) is 38.0 Å².